The van der Waals surface area contributed by atoms with E-state index < -0.39 is 5.60 Å². The van der Waals surface area contributed by atoms with Crippen molar-refractivity contribution in [2.24, 2.45) is 17.7 Å². The average molecular weight is 216 g/mol. The van der Waals surface area contributed by atoms with Gasteiger partial charge in [-0.2, -0.15) is 0 Å². The van der Waals surface area contributed by atoms with Crippen molar-refractivity contribution in [3.63, 3.8) is 0 Å². The molecule has 4 N–H and O–H groups in total. The van der Waals surface area contributed by atoms with Gasteiger partial charge in [0.25, 0.3) is 0 Å². The second-order valence-electron chi connectivity index (χ2n) is 5.19. The minimum Gasteiger partial charge on any atom is -0.390 e. The minimum absolute atomic E-state index is 0.183. The predicted octanol–water partition coefficient (Wildman–Crippen LogP) is 1.19. The maximum Gasteiger partial charge on any atom is 0.237 e. The molecule has 0 aliphatic carbocycles. The number of nitrogens with two attached hydrogens (primary N) is 1. The normalized spacial score (nSPS) is 14.1. The molecule has 0 saturated carbocycles. The van der Waals surface area contributed by atoms with Gasteiger partial charge < -0.3 is 5.11 Å². The summed E-state index contributed by atoms with van der Waals surface area (Å²) in [4.78, 5) is 11.5. The lowest BCUT2D eigenvalue weighted by atomic mass is 9.88. The highest BCUT2D eigenvalue weighted by Crippen LogP contribution is 2.22. The van der Waals surface area contributed by atoms with Crippen LogP contribution in [0.25, 0.3) is 0 Å². The number of hydrogen-bond donors (Lipinski definition) is 3. The van der Waals surface area contributed by atoms with E-state index in [0.29, 0.717) is 12.3 Å². The van der Waals surface area contributed by atoms with Gasteiger partial charge in [-0.3, -0.25) is 10.2 Å². The molecule has 0 radical (unpaired) electrons. The maximum atomic E-state index is 11.5. The predicted molar refractivity (Wildman–Crippen MR) is 60.8 cm³/mol. The van der Waals surface area contributed by atoms with Crippen LogP contribution in [-0.4, -0.2) is 16.6 Å². The summed E-state index contributed by atoms with van der Waals surface area (Å²) in [6.45, 7) is 7.64. The summed E-state index contributed by atoms with van der Waals surface area (Å²) in [6.07, 6.45) is 2.18. The summed E-state index contributed by atoms with van der Waals surface area (Å²) in [7, 11) is 0. The zero-order valence-electron chi connectivity index (χ0n) is 10.2. The van der Waals surface area contributed by atoms with Crippen LogP contribution in [0.4, 0.5) is 0 Å². The number of carbonyl (C=O) groups excluding carboxylic acids is 1. The Kier molecular flexibility index (Phi) is 5.83. The molecular formula is C11H24N2O2. The zero-order valence-corrected chi connectivity index (χ0v) is 10.2. The SMILES string of the molecule is CC(C)CC[C@H](CC(C)(C)O)C(=O)NN. The molecule has 15 heavy (non-hydrogen) atoms. The van der Waals surface area contributed by atoms with Crippen molar-refractivity contribution >= 4 is 5.91 Å². The lowest BCUT2D eigenvalue weighted by Gasteiger charge is -2.24. The molecule has 4 nitrogen and oxygen atoms in total. The van der Waals surface area contributed by atoms with E-state index in [-0.39, 0.29) is 11.8 Å². The molecule has 0 bridgehead atoms. The number of amides is 1. The van der Waals surface area contributed by atoms with Crippen molar-refractivity contribution < 1.29 is 9.90 Å². The molecule has 0 fully saturated rings. The van der Waals surface area contributed by atoms with E-state index in [0.717, 1.165) is 12.8 Å². The Bertz CT molecular complexity index is 197. The lowest BCUT2D eigenvalue weighted by molar-refractivity contribution is -0.127. The van der Waals surface area contributed by atoms with Crippen molar-refractivity contribution in [2.75, 3.05) is 0 Å². The van der Waals surface area contributed by atoms with Gasteiger partial charge in [-0.1, -0.05) is 20.3 Å². The van der Waals surface area contributed by atoms with Gasteiger partial charge in [0.15, 0.2) is 0 Å². The molecule has 1 amide bonds. The van der Waals surface area contributed by atoms with Gasteiger partial charge in [-0.25, -0.2) is 5.84 Å². The van der Waals surface area contributed by atoms with E-state index in [1.807, 2.05) is 0 Å². The van der Waals surface area contributed by atoms with Crippen LogP contribution in [0.15, 0.2) is 0 Å². The maximum absolute atomic E-state index is 11.5. The Labute approximate surface area is 92.2 Å². The van der Waals surface area contributed by atoms with Gasteiger partial charge in [-0.15, -0.1) is 0 Å². The van der Waals surface area contributed by atoms with Crippen LogP contribution in [0.3, 0.4) is 0 Å². The molecule has 0 aliphatic heterocycles. The van der Waals surface area contributed by atoms with Crippen LogP contribution >= 0.6 is 0 Å². The highest BCUT2D eigenvalue weighted by Gasteiger charge is 2.25. The number of hydrazine groups is 1. The van der Waals surface area contributed by atoms with Crippen LogP contribution in [0.5, 0.6) is 0 Å². The fourth-order valence-electron chi connectivity index (χ4n) is 1.58. The van der Waals surface area contributed by atoms with E-state index in [9.17, 15) is 9.90 Å². The summed E-state index contributed by atoms with van der Waals surface area (Å²) < 4.78 is 0. The molecule has 4 heteroatoms. The fraction of sp³-hybridized carbons (Fsp3) is 0.909. The second kappa shape index (κ2) is 6.08. The Morgan fingerprint density at radius 1 is 1.40 bits per heavy atom. The summed E-state index contributed by atoms with van der Waals surface area (Å²) in [6, 6.07) is 0. The Morgan fingerprint density at radius 2 is 1.93 bits per heavy atom. The first kappa shape index (κ1) is 14.4. The van der Waals surface area contributed by atoms with E-state index in [2.05, 4.69) is 19.3 Å². The first-order valence-electron chi connectivity index (χ1n) is 5.49. The monoisotopic (exact) mass is 216 g/mol. The molecule has 1 atom stereocenters. The van der Waals surface area contributed by atoms with E-state index >= 15 is 0 Å². The standard InChI is InChI=1S/C11H24N2O2/c1-8(2)5-6-9(10(14)13-12)7-11(3,4)15/h8-9,15H,5-7,12H2,1-4H3,(H,13,14)/t9-/m1/s1. The third kappa shape index (κ3) is 7.33. The Balaban J connectivity index is 4.26. The van der Waals surface area contributed by atoms with Crippen LogP contribution in [0.2, 0.25) is 0 Å². The number of rotatable bonds is 6. The van der Waals surface area contributed by atoms with Crippen LogP contribution in [0, 0.1) is 11.8 Å². The number of hydrogen-bond acceptors (Lipinski definition) is 3. The van der Waals surface area contributed by atoms with Gasteiger partial charge in [0.1, 0.15) is 0 Å². The summed E-state index contributed by atoms with van der Waals surface area (Å²) in [5.41, 5.74) is 1.34. The number of nitrogens with one attached hydrogen (secondary N) is 1. The van der Waals surface area contributed by atoms with Gasteiger partial charge in [0.05, 0.1) is 5.60 Å². The fourth-order valence-corrected chi connectivity index (χ4v) is 1.58. The second-order valence-corrected chi connectivity index (χ2v) is 5.19. The van der Waals surface area contributed by atoms with E-state index in [1.54, 1.807) is 13.8 Å². The van der Waals surface area contributed by atoms with Gasteiger partial charge in [0, 0.05) is 5.92 Å². The summed E-state index contributed by atoms with van der Waals surface area (Å²) in [5, 5.41) is 9.68. The highest BCUT2D eigenvalue weighted by molar-refractivity contribution is 5.78. The third-order valence-electron chi connectivity index (χ3n) is 2.35. The molecule has 0 aromatic heterocycles. The molecular weight excluding hydrogens is 192 g/mol. The largest absolute Gasteiger partial charge is 0.390 e. The molecule has 0 aromatic rings. The van der Waals surface area contributed by atoms with Crippen molar-refractivity contribution in [1.29, 1.82) is 0 Å². The van der Waals surface area contributed by atoms with E-state index in [1.165, 1.54) is 0 Å². The minimum atomic E-state index is -0.825. The summed E-state index contributed by atoms with van der Waals surface area (Å²) >= 11 is 0. The highest BCUT2D eigenvalue weighted by atomic mass is 16.3. The quantitative estimate of drug-likeness (QED) is 0.354. The van der Waals surface area contributed by atoms with Crippen LogP contribution in [0.1, 0.15) is 47.0 Å². The van der Waals surface area contributed by atoms with Crippen molar-refractivity contribution in [2.45, 2.75) is 52.6 Å². The summed E-state index contributed by atoms with van der Waals surface area (Å²) in [5.74, 6) is 5.29. The molecule has 0 rings (SSSR count). The lowest BCUT2D eigenvalue weighted by Crippen LogP contribution is -2.39. The molecule has 0 aromatic carbocycles. The third-order valence-corrected chi connectivity index (χ3v) is 2.35. The smallest absolute Gasteiger partial charge is 0.237 e. The van der Waals surface area contributed by atoms with Crippen LogP contribution in [-0.2, 0) is 4.79 Å². The van der Waals surface area contributed by atoms with Crippen LogP contribution < -0.4 is 11.3 Å². The van der Waals surface area contributed by atoms with E-state index in [4.69, 9.17) is 5.84 Å². The first-order chi connectivity index (χ1) is 6.76. The molecule has 0 spiro atoms. The molecule has 90 valence electrons. The van der Waals surface area contributed by atoms with Gasteiger partial charge in [-0.05, 0) is 32.6 Å². The molecule has 0 saturated heterocycles. The molecule has 0 unspecified atom stereocenters. The first-order valence-corrected chi connectivity index (χ1v) is 5.49. The van der Waals surface area contributed by atoms with Crippen molar-refractivity contribution in [3.05, 3.63) is 0 Å². The van der Waals surface area contributed by atoms with Crippen molar-refractivity contribution in [3.8, 4) is 0 Å². The molecule has 0 aliphatic rings. The van der Waals surface area contributed by atoms with Crippen molar-refractivity contribution in [1.82, 2.24) is 5.43 Å². The average Bonchev–Trinajstić information content (AvgIpc) is 2.08. The Hall–Kier alpha value is -0.610. The van der Waals surface area contributed by atoms with Gasteiger partial charge >= 0.3 is 0 Å². The Morgan fingerprint density at radius 3 is 2.27 bits per heavy atom. The topological polar surface area (TPSA) is 75.3 Å². The number of carbonyl (C=O) groups is 1. The van der Waals surface area contributed by atoms with Gasteiger partial charge in [0.2, 0.25) is 5.91 Å². The molecule has 0 heterocycles. The zero-order chi connectivity index (χ0) is 12.1. The number of aliphatic hydroxyl groups is 1.